The van der Waals surface area contributed by atoms with Crippen LogP contribution in [0.1, 0.15) is 13.8 Å². The van der Waals surface area contributed by atoms with Crippen LogP contribution in [0.15, 0.2) is 0 Å². The Kier molecular flexibility index (Phi) is 4.03. The first-order valence-electron chi connectivity index (χ1n) is 3.30. The molecule has 0 heterocycles. The third kappa shape index (κ3) is 3.45. The zero-order valence-corrected chi connectivity index (χ0v) is 6.45. The molecule has 3 nitrogen and oxygen atoms in total. The molecule has 3 heteroatoms. The van der Waals surface area contributed by atoms with Crippen molar-refractivity contribution in [2.45, 2.75) is 20.1 Å². The van der Waals surface area contributed by atoms with Crippen molar-refractivity contribution < 1.29 is 9.90 Å². The molecule has 0 aliphatic carbocycles. The lowest BCUT2D eigenvalue weighted by Crippen LogP contribution is -2.34. The van der Waals surface area contributed by atoms with Gasteiger partial charge in [-0.1, -0.05) is 13.8 Å². The first-order valence-corrected chi connectivity index (χ1v) is 3.30. The van der Waals surface area contributed by atoms with Crippen LogP contribution in [-0.4, -0.2) is 29.2 Å². The van der Waals surface area contributed by atoms with E-state index in [2.05, 4.69) is 6.92 Å². The lowest BCUT2D eigenvalue weighted by Gasteiger charge is -2.21. The summed E-state index contributed by atoms with van der Waals surface area (Å²) in [5.41, 5.74) is 0. The van der Waals surface area contributed by atoms with Gasteiger partial charge in [0, 0.05) is 6.54 Å². The van der Waals surface area contributed by atoms with Crippen LogP contribution < -0.4 is 0 Å². The molecule has 0 aliphatic rings. The third-order valence-electron chi connectivity index (χ3n) is 1.09. The third-order valence-corrected chi connectivity index (χ3v) is 1.09. The number of rotatable bonds is 4. The van der Waals surface area contributed by atoms with E-state index in [1.54, 1.807) is 0 Å². The van der Waals surface area contributed by atoms with Crippen LogP contribution in [-0.2, 0) is 4.79 Å². The van der Waals surface area contributed by atoms with Crippen molar-refractivity contribution in [2.75, 3.05) is 6.54 Å². The van der Waals surface area contributed by atoms with E-state index in [1.807, 2.05) is 13.8 Å². The van der Waals surface area contributed by atoms with E-state index in [0.29, 0.717) is 18.9 Å². The van der Waals surface area contributed by atoms with Crippen molar-refractivity contribution >= 4 is 6.41 Å². The minimum atomic E-state index is -0.917. The van der Waals surface area contributed by atoms with Crippen LogP contribution in [0.3, 0.4) is 0 Å². The maximum Gasteiger partial charge on any atom is 0.211 e. The maximum absolute atomic E-state index is 10.2. The molecule has 10 heavy (non-hydrogen) atoms. The van der Waals surface area contributed by atoms with Crippen LogP contribution in [0.2, 0.25) is 0 Å². The Morgan fingerprint density at radius 3 is 2.30 bits per heavy atom. The number of carbonyl (C=O) groups excluding carboxylic acids is 1. The molecule has 0 aliphatic heterocycles. The van der Waals surface area contributed by atoms with E-state index in [9.17, 15) is 4.79 Å². The topological polar surface area (TPSA) is 40.5 Å². The number of amides is 1. The summed E-state index contributed by atoms with van der Waals surface area (Å²) >= 11 is 0. The van der Waals surface area contributed by atoms with Gasteiger partial charge in [-0.15, -0.1) is 0 Å². The molecule has 0 spiro atoms. The second-order valence-corrected chi connectivity index (χ2v) is 2.68. The van der Waals surface area contributed by atoms with Crippen molar-refractivity contribution in [3.05, 3.63) is 6.92 Å². The molecule has 0 saturated heterocycles. The number of hydrogen-bond acceptors (Lipinski definition) is 2. The van der Waals surface area contributed by atoms with Crippen molar-refractivity contribution in [1.29, 1.82) is 0 Å². The molecule has 0 fully saturated rings. The summed E-state index contributed by atoms with van der Waals surface area (Å²) in [6.45, 7) is 7.80. The lowest BCUT2D eigenvalue weighted by atomic mass is 10.2. The van der Waals surface area contributed by atoms with E-state index < -0.39 is 6.23 Å². The quantitative estimate of drug-likeness (QED) is 0.454. The molecule has 1 radical (unpaired) electrons. The first kappa shape index (κ1) is 9.43. The second-order valence-electron chi connectivity index (χ2n) is 2.68. The number of aliphatic hydroxyl groups excluding tert-OH is 1. The average Bonchev–Trinajstić information content (AvgIpc) is 1.81. The van der Waals surface area contributed by atoms with E-state index in [-0.39, 0.29) is 0 Å². The highest BCUT2D eigenvalue weighted by Crippen LogP contribution is 1.98. The van der Waals surface area contributed by atoms with Crippen molar-refractivity contribution in [3.8, 4) is 0 Å². The number of nitrogens with zero attached hydrogens (tertiary/aromatic N) is 1. The predicted molar refractivity (Wildman–Crippen MR) is 39.0 cm³/mol. The summed E-state index contributed by atoms with van der Waals surface area (Å²) in [4.78, 5) is 11.5. The van der Waals surface area contributed by atoms with E-state index in [4.69, 9.17) is 5.11 Å². The van der Waals surface area contributed by atoms with E-state index in [1.165, 1.54) is 4.90 Å². The predicted octanol–water partition coefficient (Wildman–Crippen LogP) is 0.253. The van der Waals surface area contributed by atoms with Gasteiger partial charge >= 0.3 is 0 Å². The largest absolute Gasteiger partial charge is 0.374 e. The summed E-state index contributed by atoms with van der Waals surface area (Å²) in [7, 11) is 0. The van der Waals surface area contributed by atoms with Crippen molar-refractivity contribution in [1.82, 2.24) is 4.90 Å². The van der Waals surface area contributed by atoms with Crippen molar-refractivity contribution in [3.63, 3.8) is 0 Å². The fourth-order valence-electron chi connectivity index (χ4n) is 0.657. The maximum atomic E-state index is 10.2. The van der Waals surface area contributed by atoms with E-state index in [0.717, 1.165) is 0 Å². The molecule has 0 bridgehead atoms. The van der Waals surface area contributed by atoms with Gasteiger partial charge in [-0.2, -0.15) is 0 Å². The summed E-state index contributed by atoms with van der Waals surface area (Å²) in [6, 6.07) is 0. The van der Waals surface area contributed by atoms with Gasteiger partial charge in [0.2, 0.25) is 6.41 Å². The zero-order chi connectivity index (χ0) is 8.15. The Balaban J connectivity index is 3.71. The van der Waals surface area contributed by atoms with Crippen LogP contribution in [0.4, 0.5) is 0 Å². The minimum Gasteiger partial charge on any atom is -0.374 e. The van der Waals surface area contributed by atoms with Gasteiger partial charge in [0.25, 0.3) is 0 Å². The highest BCUT2D eigenvalue weighted by molar-refractivity contribution is 5.47. The molecular formula is C7H14NO2. The minimum absolute atomic E-state index is 0.363. The molecule has 0 rings (SSSR count). The van der Waals surface area contributed by atoms with Gasteiger partial charge in [0.05, 0.1) is 0 Å². The number of hydrogen-bond donors (Lipinski definition) is 1. The van der Waals surface area contributed by atoms with Crippen LogP contribution in [0.5, 0.6) is 0 Å². The Labute approximate surface area is 61.6 Å². The Morgan fingerprint density at radius 1 is 1.70 bits per heavy atom. The molecule has 0 aromatic rings. The number of carbonyl (C=O) groups is 1. The highest BCUT2D eigenvalue weighted by Gasteiger charge is 2.08. The zero-order valence-electron chi connectivity index (χ0n) is 6.45. The first-order chi connectivity index (χ1) is 4.57. The van der Waals surface area contributed by atoms with Gasteiger partial charge in [-0.3, -0.25) is 4.79 Å². The molecule has 1 amide bonds. The fourth-order valence-corrected chi connectivity index (χ4v) is 0.657. The molecule has 1 unspecified atom stereocenters. The fraction of sp³-hybridized carbons (Fsp3) is 0.714. The van der Waals surface area contributed by atoms with Crippen molar-refractivity contribution in [2.24, 2.45) is 5.92 Å². The lowest BCUT2D eigenvalue weighted by molar-refractivity contribution is -0.125. The highest BCUT2D eigenvalue weighted by atomic mass is 16.3. The Bertz CT molecular complexity index is 102. The van der Waals surface area contributed by atoms with Crippen LogP contribution in [0, 0.1) is 12.8 Å². The van der Waals surface area contributed by atoms with E-state index >= 15 is 0 Å². The summed E-state index contributed by atoms with van der Waals surface area (Å²) in [5.74, 6) is 0.363. The van der Waals surface area contributed by atoms with Gasteiger partial charge < -0.3 is 10.0 Å². The Hall–Kier alpha value is -0.570. The Morgan fingerprint density at radius 2 is 2.20 bits per heavy atom. The monoisotopic (exact) mass is 144 g/mol. The smallest absolute Gasteiger partial charge is 0.211 e. The van der Waals surface area contributed by atoms with Gasteiger partial charge in [0.1, 0.15) is 6.23 Å². The summed E-state index contributed by atoms with van der Waals surface area (Å²) < 4.78 is 0. The summed E-state index contributed by atoms with van der Waals surface area (Å²) in [5, 5.41) is 8.84. The standard InChI is InChI=1S/C7H14NO2/c1-6(2)4-8(5-9)7(3)10/h5-7,10H,3-4H2,1-2H3. The molecule has 59 valence electrons. The molecule has 1 N–H and O–H groups in total. The molecule has 0 saturated carbocycles. The molecule has 1 atom stereocenters. The molecule has 0 aromatic heterocycles. The molecule has 0 aromatic carbocycles. The SMILES string of the molecule is [CH2]C(O)N(C=O)CC(C)C. The normalized spacial score (nSPS) is 13.3. The van der Waals surface area contributed by atoms with Gasteiger partial charge in [0.15, 0.2) is 0 Å². The van der Waals surface area contributed by atoms with Gasteiger partial charge in [-0.25, -0.2) is 0 Å². The summed E-state index contributed by atoms with van der Waals surface area (Å²) in [6.07, 6.45) is -0.308. The van der Waals surface area contributed by atoms with Gasteiger partial charge in [-0.05, 0) is 12.8 Å². The number of aliphatic hydroxyl groups is 1. The second kappa shape index (κ2) is 4.28. The van der Waals surface area contributed by atoms with Crippen LogP contribution in [0.25, 0.3) is 0 Å². The van der Waals surface area contributed by atoms with Crippen LogP contribution >= 0.6 is 0 Å². The average molecular weight is 144 g/mol. The molecular weight excluding hydrogens is 130 g/mol.